The summed E-state index contributed by atoms with van der Waals surface area (Å²) in [7, 11) is 0. The summed E-state index contributed by atoms with van der Waals surface area (Å²) < 4.78 is 41.9. The van der Waals surface area contributed by atoms with Gasteiger partial charge in [-0.05, 0) is 60.4 Å². The smallest absolute Gasteiger partial charge is 0.257 e. The number of rotatable bonds is 7. The topological polar surface area (TPSA) is 98.8 Å². The summed E-state index contributed by atoms with van der Waals surface area (Å²) in [5.41, 5.74) is 3.75. The van der Waals surface area contributed by atoms with Gasteiger partial charge in [0.1, 0.15) is 6.17 Å². The van der Waals surface area contributed by atoms with Crippen LogP contribution >= 0.6 is 0 Å². The number of aromatic nitrogens is 4. The number of likely N-dealkylation sites (tertiary alicyclic amines) is 1. The number of nitrogens with one attached hydrogen (secondary N) is 3. The largest absolute Gasteiger partial charge is 0.354 e. The van der Waals surface area contributed by atoms with E-state index in [-0.39, 0.29) is 17.7 Å². The lowest BCUT2D eigenvalue weighted by Crippen LogP contribution is -2.33. The minimum absolute atomic E-state index is 0.223. The van der Waals surface area contributed by atoms with E-state index in [0.717, 1.165) is 36.1 Å². The first-order valence-electron chi connectivity index (χ1n) is 13.5. The highest BCUT2D eigenvalue weighted by Crippen LogP contribution is 2.25. The van der Waals surface area contributed by atoms with E-state index < -0.39 is 24.4 Å². The van der Waals surface area contributed by atoms with Crippen LogP contribution in [0, 0.1) is 0 Å². The van der Waals surface area contributed by atoms with Gasteiger partial charge in [-0.3, -0.25) is 19.2 Å². The lowest BCUT2D eigenvalue weighted by atomic mass is 10.0. The van der Waals surface area contributed by atoms with Crippen molar-refractivity contribution in [3.05, 3.63) is 94.2 Å². The SMILES string of the molecule is O=C(Nc1cnn(CC2=CC(F)C(F)C=C2)c1)c1c[nH]c(=O)c(-c2cc3cc(CN4CCC(F)CC4)ccc3[nH]2)c1. The molecule has 0 spiro atoms. The van der Waals surface area contributed by atoms with E-state index >= 15 is 0 Å². The molecule has 4 heterocycles. The maximum absolute atomic E-state index is 13.6. The van der Waals surface area contributed by atoms with Gasteiger partial charge in [0.25, 0.3) is 11.5 Å². The number of alkyl halides is 3. The summed E-state index contributed by atoms with van der Waals surface area (Å²) in [5, 5.41) is 7.87. The molecule has 3 aromatic heterocycles. The zero-order valence-electron chi connectivity index (χ0n) is 22.1. The molecular weight excluding hydrogens is 533 g/mol. The zero-order valence-corrected chi connectivity index (χ0v) is 22.1. The minimum atomic E-state index is -1.69. The summed E-state index contributed by atoms with van der Waals surface area (Å²) in [6.45, 7) is 2.43. The lowest BCUT2D eigenvalue weighted by molar-refractivity contribution is 0.102. The van der Waals surface area contributed by atoms with Gasteiger partial charge in [0, 0.05) is 42.9 Å². The predicted molar refractivity (Wildman–Crippen MR) is 151 cm³/mol. The Kier molecular flexibility index (Phi) is 7.36. The Morgan fingerprint density at radius 2 is 1.90 bits per heavy atom. The van der Waals surface area contributed by atoms with Crippen molar-refractivity contribution < 1.29 is 18.0 Å². The molecule has 41 heavy (non-hydrogen) atoms. The van der Waals surface area contributed by atoms with Crippen molar-refractivity contribution in [2.24, 2.45) is 0 Å². The highest BCUT2D eigenvalue weighted by Gasteiger charge is 2.20. The summed E-state index contributed by atoms with van der Waals surface area (Å²) in [5.74, 6) is -0.446. The second kappa shape index (κ2) is 11.2. The fraction of sp³-hybridized carbons (Fsp3) is 0.300. The molecule has 2 aliphatic rings. The van der Waals surface area contributed by atoms with E-state index in [0.29, 0.717) is 35.4 Å². The Labute approximate surface area is 233 Å². The number of benzene rings is 1. The Hall–Kier alpha value is -4.38. The van der Waals surface area contributed by atoms with E-state index in [4.69, 9.17) is 0 Å². The number of piperidine rings is 1. The number of carbonyl (C=O) groups excluding carboxylic acids is 1. The van der Waals surface area contributed by atoms with Crippen LogP contribution in [0.4, 0.5) is 18.9 Å². The third-order valence-electron chi connectivity index (χ3n) is 7.47. The molecule has 8 nitrogen and oxygen atoms in total. The molecule has 212 valence electrons. The second-order valence-corrected chi connectivity index (χ2v) is 10.6. The molecule has 1 aromatic carbocycles. The van der Waals surface area contributed by atoms with Crippen LogP contribution in [0.5, 0.6) is 0 Å². The number of nitrogens with zero attached hydrogens (tertiary/aromatic N) is 3. The molecule has 1 aliphatic carbocycles. The first kappa shape index (κ1) is 26.8. The van der Waals surface area contributed by atoms with Gasteiger partial charge < -0.3 is 15.3 Å². The monoisotopic (exact) mass is 562 g/mol. The van der Waals surface area contributed by atoms with Crippen molar-refractivity contribution in [3.63, 3.8) is 0 Å². The van der Waals surface area contributed by atoms with E-state index in [2.05, 4.69) is 31.3 Å². The number of carbonyl (C=O) groups is 1. The molecule has 1 saturated heterocycles. The zero-order chi connectivity index (χ0) is 28.5. The fourth-order valence-electron chi connectivity index (χ4n) is 5.24. The third-order valence-corrected chi connectivity index (χ3v) is 7.47. The van der Waals surface area contributed by atoms with E-state index in [9.17, 15) is 22.8 Å². The number of halogens is 3. The second-order valence-electron chi connectivity index (χ2n) is 10.6. The van der Waals surface area contributed by atoms with E-state index in [1.54, 1.807) is 6.20 Å². The highest BCUT2D eigenvalue weighted by atomic mass is 19.2. The van der Waals surface area contributed by atoms with Crippen LogP contribution in [0.15, 0.2) is 77.5 Å². The van der Waals surface area contributed by atoms with E-state index in [1.807, 2.05) is 18.2 Å². The Morgan fingerprint density at radius 3 is 2.71 bits per heavy atom. The summed E-state index contributed by atoms with van der Waals surface area (Å²) >= 11 is 0. The van der Waals surface area contributed by atoms with Crippen molar-refractivity contribution in [1.82, 2.24) is 24.6 Å². The van der Waals surface area contributed by atoms with Gasteiger partial charge in [0.2, 0.25) is 0 Å². The van der Waals surface area contributed by atoms with Gasteiger partial charge in [-0.15, -0.1) is 0 Å². The first-order chi connectivity index (χ1) is 19.8. The van der Waals surface area contributed by atoms with E-state index in [1.165, 1.54) is 41.4 Å². The molecule has 2 atom stereocenters. The molecular formula is C30H29F3N6O2. The lowest BCUT2D eigenvalue weighted by Gasteiger charge is -2.28. The number of hydrogen-bond donors (Lipinski definition) is 3. The Morgan fingerprint density at radius 1 is 1.07 bits per heavy atom. The minimum Gasteiger partial charge on any atom is -0.354 e. The molecule has 3 N–H and O–H groups in total. The summed E-state index contributed by atoms with van der Waals surface area (Å²) in [4.78, 5) is 33.8. The molecule has 0 bridgehead atoms. The molecule has 0 saturated carbocycles. The van der Waals surface area contributed by atoms with Crippen LogP contribution in [-0.4, -0.2) is 62.2 Å². The first-order valence-corrected chi connectivity index (χ1v) is 13.5. The number of anilines is 1. The number of aromatic amines is 2. The van der Waals surface area contributed by atoms with Crippen LogP contribution in [0.25, 0.3) is 22.2 Å². The predicted octanol–water partition coefficient (Wildman–Crippen LogP) is 5.08. The molecule has 1 amide bonds. The molecule has 1 aliphatic heterocycles. The van der Waals surface area contributed by atoms with Crippen molar-refractivity contribution in [2.45, 2.75) is 44.4 Å². The molecule has 4 aromatic rings. The van der Waals surface area contributed by atoms with Crippen molar-refractivity contribution in [2.75, 3.05) is 18.4 Å². The summed E-state index contributed by atoms with van der Waals surface area (Å²) in [6.07, 6.45) is 5.37. The number of pyridine rings is 1. The standard InChI is InChI=1S/C30H29F3N6O2/c31-22-5-7-38(8-6-22)15-18-2-4-27-20(9-18)12-28(37-27)24-11-21(13-34-30(24)41)29(40)36-23-14-35-39(17-23)16-19-1-3-25(32)26(33)10-19/h1-4,9-14,17,22,25-26,37H,5-8,15-16H2,(H,34,41)(H,36,40). The molecule has 2 unspecified atom stereocenters. The Bertz CT molecular complexity index is 1700. The highest BCUT2D eigenvalue weighted by molar-refractivity contribution is 6.04. The average Bonchev–Trinajstić information content (AvgIpc) is 3.58. The number of amides is 1. The van der Waals surface area contributed by atoms with Crippen LogP contribution in [0.1, 0.15) is 28.8 Å². The average molecular weight is 563 g/mol. The van der Waals surface area contributed by atoms with Gasteiger partial charge in [0.15, 0.2) is 12.3 Å². The van der Waals surface area contributed by atoms with Crippen LogP contribution < -0.4 is 10.9 Å². The van der Waals surface area contributed by atoms with Crippen molar-refractivity contribution in [1.29, 1.82) is 0 Å². The number of hydrogen-bond acceptors (Lipinski definition) is 4. The van der Waals surface area contributed by atoms with Gasteiger partial charge >= 0.3 is 0 Å². The number of H-pyrrole nitrogens is 2. The van der Waals surface area contributed by atoms with Gasteiger partial charge in [0.05, 0.1) is 35.2 Å². The van der Waals surface area contributed by atoms with Crippen LogP contribution in [0.3, 0.4) is 0 Å². The molecule has 11 heteroatoms. The number of fused-ring (bicyclic) bond motifs is 1. The van der Waals surface area contributed by atoms with Crippen molar-refractivity contribution >= 4 is 22.5 Å². The maximum atomic E-state index is 13.6. The molecule has 1 fully saturated rings. The summed E-state index contributed by atoms with van der Waals surface area (Å²) in [6, 6.07) is 9.44. The van der Waals surface area contributed by atoms with Crippen LogP contribution in [-0.2, 0) is 13.1 Å². The van der Waals surface area contributed by atoms with Crippen LogP contribution in [0.2, 0.25) is 0 Å². The fourth-order valence-corrected chi connectivity index (χ4v) is 5.24. The Balaban J connectivity index is 1.15. The normalized spacial score (nSPS) is 19.9. The van der Waals surface area contributed by atoms with Crippen molar-refractivity contribution in [3.8, 4) is 11.3 Å². The quantitative estimate of drug-likeness (QED) is 0.293. The third kappa shape index (κ3) is 6.04. The van der Waals surface area contributed by atoms with Gasteiger partial charge in [-0.2, -0.15) is 5.10 Å². The number of allylic oxidation sites excluding steroid dienone is 4. The maximum Gasteiger partial charge on any atom is 0.257 e. The molecule has 6 rings (SSSR count). The van der Waals surface area contributed by atoms with Gasteiger partial charge in [-0.25, -0.2) is 13.2 Å². The van der Waals surface area contributed by atoms with Gasteiger partial charge in [-0.1, -0.05) is 12.1 Å². The molecule has 0 radical (unpaired) electrons.